The van der Waals surface area contributed by atoms with Crippen molar-refractivity contribution >= 4 is 45.0 Å². The van der Waals surface area contributed by atoms with Crippen LogP contribution in [-0.2, 0) is 0 Å². The number of benzene rings is 2. The average molecular weight is 859 g/mol. The van der Waals surface area contributed by atoms with Crippen molar-refractivity contribution in [2.75, 3.05) is 103 Å². The van der Waals surface area contributed by atoms with Gasteiger partial charge in [0.2, 0.25) is 10.9 Å². The van der Waals surface area contributed by atoms with Gasteiger partial charge in [-0.2, -0.15) is 0 Å². The van der Waals surface area contributed by atoms with Gasteiger partial charge >= 0.3 is 0 Å². The highest BCUT2D eigenvalue weighted by atomic mass is 19.1. The van der Waals surface area contributed by atoms with Crippen molar-refractivity contribution < 1.29 is 27.8 Å². The van der Waals surface area contributed by atoms with Crippen LogP contribution < -0.4 is 40.8 Å². The van der Waals surface area contributed by atoms with E-state index in [-0.39, 0.29) is 34.0 Å². The van der Waals surface area contributed by atoms with Crippen molar-refractivity contribution in [1.29, 1.82) is 0 Å². The number of hydrogen-bond donors (Lipinski definition) is 2. The number of carbonyl (C=O) groups excluding carboxylic acids is 2. The summed E-state index contributed by atoms with van der Waals surface area (Å²) in [5.41, 5.74) is 0.835. The first kappa shape index (κ1) is 43.4. The third-order valence-electron chi connectivity index (χ3n) is 13.1. The quantitative estimate of drug-likeness (QED) is 0.152. The molecular formula is C46H60F2N8O6. The van der Waals surface area contributed by atoms with Gasteiger partial charge in [-0.3, -0.25) is 19.2 Å². The summed E-state index contributed by atoms with van der Waals surface area (Å²) in [5, 5.41) is 6.11. The lowest BCUT2D eigenvalue weighted by atomic mass is 10.0. The second-order valence-corrected chi connectivity index (χ2v) is 17.7. The lowest BCUT2D eigenvalue weighted by Gasteiger charge is -2.37. The van der Waals surface area contributed by atoms with E-state index in [0.717, 1.165) is 77.5 Å². The molecule has 62 heavy (non-hydrogen) atoms. The maximum atomic E-state index is 15.7. The lowest BCUT2D eigenvalue weighted by molar-refractivity contribution is 0.0942. The largest absolute Gasteiger partial charge is 0.487 e. The molecule has 334 valence electrons. The molecule has 8 rings (SSSR count). The number of halogens is 2. The predicted molar refractivity (Wildman–Crippen MR) is 238 cm³/mol. The minimum atomic E-state index is -0.516. The van der Waals surface area contributed by atoms with Gasteiger partial charge < -0.3 is 48.8 Å². The standard InChI is InChI=1S/C46H60F2N8O6/c1-29-27-61-43-37-31(23-35(47)39(43)53-19-15-51(3)16-20-53)41(57)33(25-55(29)37)45(59)49-13-11-9-7-5-6-8-10-12-14-50-46(60)34-26-56-30(2)28-62-44-38(56)32(42(34)58)24-36(48)40(44)54-21-17-52(4)18-22-54/h23-26,29-30H,5-22,27-28H2,1-4H3,(H,49,59)(H,50,60)/t29-,30-/m0/s1. The van der Waals surface area contributed by atoms with Crippen LogP contribution in [0.15, 0.2) is 34.1 Å². The third-order valence-corrected chi connectivity index (χ3v) is 13.1. The summed E-state index contributed by atoms with van der Waals surface area (Å²) in [5.74, 6) is -1.20. The number of carbonyl (C=O) groups is 2. The Hall–Kier alpha value is -5.22. The summed E-state index contributed by atoms with van der Waals surface area (Å²) in [6, 6.07) is 2.25. The average Bonchev–Trinajstić information content (AvgIpc) is 3.25. The Kier molecular flexibility index (Phi) is 13.1. The molecule has 2 atom stereocenters. The van der Waals surface area contributed by atoms with E-state index in [0.29, 0.717) is 86.4 Å². The minimum absolute atomic E-state index is 0.00323. The highest BCUT2D eigenvalue weighted by molar-refractivity contribution is 6.01. The first-order valence-corrected chi connectivity index (χ1v) is 22.4. The van der Waals surface area contributed by atoms with Crippen LogP contribution in [-0.4, -0.2) is 124 Å². The maximum Gasteiger partial charge on any atom is 0.256 e. The van der Waals surface area contributed by atoms with Gasteiger partial charge in [0.15, 0.2) is 23.1 Å². The molecule has 0 bridgehead atoms. The Morgan fingerprint density at radius 2 is 0.952 bits per heavy atom. The smallest absolute Gasteiger partial charge is 0.256 e. The topological polar surface area (TPSA) is 134 Å². The number of hydrogen-bond acceptors (Lipinski definition) is 10. The van der Waals surface area contributed by atoms with Crippen LogP contribution >= 0.6 is 0 Å². The summed E-state index contributed by atoms with van der Waals surface area (Å²) >= 11 is 0. The molecule has 16 heteroatoms. The number of nitrogens with one attached hydrogen (secondary N) is 2. The first-order valence-electron chi connectivity index (χ1n) is 22.4. The van der Waals surface area contributed by atoms with E-state index in [1.807, 2.05) is 46.9 Å². The molecule has 4 aliphatic heterocycles. The molecule has 2 N–H and O–H groups in total. The second-order valence-electron chi connectivity index (χ2n) is 17.7. The second kappa shape index (κ2) is 18.6. The molecule has 4 aromatic rings. The molecule has 2 saturated heterocycles. The van der Waals surface area contributed by atoms with Crippen molar-refractivity contribution in [1.82, 2.24) is 29.6 Å². The van der Waals surface area contributed by atoms with Crippen molar-refractivity contribution in [3.63, 3.8) is 0 Å². The number of ether oxygens (including phenoxy) is 2. The number of anilines is 2. The van der Waals surface area contributed by atoms with E-state index >= 15 is 8.78 Å². The van der Waals surface area contributed by atoms with Gasteiger partial charge in [-0.25, -0.2) is 8.78 Å². The highest BCUT2D eigenvalue weighted by Gasteiger charge is 2.33. The number of likely N-dealkylation sites (N-methyl/N-ethyl adjacent to an activating group) is 2. The number of nitrogens with zero attached hydrogens (tertiary/aromatic N) is 6. The molecular weight excluding hydrogens is 799 g/mol. The fraction of sp³-hybridized carbons (Fsp3) is 0.565. The molecule has 4 aliphatic rings. The van der Waals surface area contributed by atoms with Crippen LogP contribution in [0.3, 0.4) is 0 Å². The van der Waals surface area contributed by atoms with E-state index < -0.39 is 34.3 Å². The maximum absolute atomic E-state index is 15.7. The summed E-state index contributed by atoms with van der Waals surface area (Å²) in [7, 11) is 4.07. The Balaban J connectivity index is 0.769. The van der Waals surface area contributed by atoms with Gasteiger partial charge in [-0.1, -0.05) is 38.5 Å². The predicted octanol–water partition coefficient (Wildman–Crippen LogP) is 5.29. The molecule has 2 aromatic carbocycles. The number of amides is 2. The van der Waals surface area contributed by atoms with Crippen LogP contribution in [0.5, 0.6) is 11.5 Å². The highest BCUT2D eigenvalue weighted by Crippen LogP contribution is 2.43. The third kappa shape index (κ3) is 8.59. The number of aromatic nitrogens is 2. The van der Waals surface area contributed by atoms with Crippen LogP contribution in [0.4, 0.5) is 20.2 Å². The summed E-state index contributed by atoms with van der Waals surface area (Å²) in [6.07, 6.45) is 10.7. The Labute approximate surface area is 360 Å². The Bertz CT molecular complexity index is 2290. The Morgan fingerprint density at radius 1 is 0.597 bits per heavy atom. The molecule has 0 spiro atoms. The number of pyridine rings is 2. The summed E-state index contributed by atoms with van der Waals surface area (Å²) in [4.78, 5) is 62.1. The van der Waals surface area contributed by atoms with Crippen LogP contribution in [0.2, 0.25) is 0 Å². The molecule has 0 radical (unpaired) electrons. The molecule has 2 aromatic heterocycles. The molecule has 14 nitrogen and oxygen atoms in total. The van der Waals surface area contributed by atoms with Crippen molar-refractivity contribution in [2.24, 2.45) is 0 Å². The first-order chi connectivity index (χ1) is 29.9. The van der Waals surface area contributed by atoms with Crippen molar-refractivity contribution in [3.05, 3.63) is 67.7 Å². The molecule has 0 unspecified atom stereocenters. The van der Waals surface area contributed by atoms with Gasteiger partial charge in [-0.05, 0) is 52.9 Å². The Morgan fingerprint density at radius 3 is 1.32 bits per heavy atom. The summed E-state index contributed by atoms with van der Waals surface area (Å²) < 4.78 is 47.3. The lowest BCUT2D eigenvalue weighted by Crippen LogP contribution is -2.45. The minimum Gasteiger partial charge on any atom is -0.487 e. The molecule has 0 aliphatic carbocycles. The van der Waals surface area contributed by atoms with Crippen LogP contribution in [0.1, 0.15) is 98.0 Å². The zero-order chi connectivity index (χ0) is 43.7. The SMILES string of the molecule is C[C@H]1COc2c(N3CCN(C)CC3)c(F)cc3c(=O)c(C(=O)NCCCCCCCCCCNC(=O)c4cn5c6c(c(N7CCN(C)CC7)c(F)cc6c4=O)OC[C@@H]5C)cn1c23. The van der Waals surface area contributed by atoms with Crippen molar-refractivity contribution in [2.45, 2.75) is 77.3 Å². The van der Waals surface area contributed by atoms with Crippen LogP contribution in [0, 0.1) is 11.6 Å². The van der Waals surface area contributed by atoms with Gasteiger partial charge in [0.25, 0.3) is 11.8 Å². The van der Waals surface area contributed by atoms with Gasteiger partial charge in [0, 0.05) is 77.8 Å². The molecule has 0 saturated carbocycles. The summed E-state index contributed by atoms with van der Waals surface area (Å²) in [6.45, 7) is 11.2. The van der Waals surface area contributed by atoms with Gasteiger partial charge in [0.05, 0.1) is 33.9 Å². The zero-order valence-corrected chi connectivity index (χ0v) is 36.5. The fourth-order valence-corrected chi connectivity index (χ4v) is 9.30. The van der Waals surface area contributed by atoms with Crippen molar-refractivity contribution in [3.8, 4) is 11.5 Å². The molecule has 6 heterocycles. The van der Waals surface area contributed by atoms with E-state index in [1.54, 1.807) is 12.4 Å². The molecule has 2 fully saturated rings. The number of unbranched alkanes of at least 4 members (excludes halogenated alkanes) is 7. The van der Waals surface area contributed by atoms with Gasteiger partial charge in [0.1, 0.15) is 35.7 Å². The van der Waals surface area contributed by atoms with Crippen LogP contribution in [0.25, 0.3) is 21.8 Å². The fourth-order valence-electron chi connectivity index (χ4n) is 9.30. The van der Waals surface area contributed by atoms with E-state index in [4.69, 9.17) is 9.47 Å². The van der Waals surface area contributed by atoms with E-state index in [2.05, 4.69) is 20.4 Å². The van der Waals surface area contributed by atoms with E-state index in [9.17, 15) is 19.2 Å². The zero-order valence-electron chi connectivity index (χ0n) is 36.5. The number of piperazine rings is 2. The number of rotatable bonds is 15. The van der Waals surface area contributed by atoms with E-state index in [1.165, 1.54) is 12.1 Å². The van der Waals surface area contributed by atoms with Gasteiger partial charge in [-0.15, -0.1) is 0 Å². The molecule has 2 amide bonds. The normalized spacial score (nSPS) is 19.1. The monoisotopic (exact) mass is 858 g/mol.